The van der Waals surface area contributed by atoms with Gasteiger partial charge in [-0.05, 0) is 49.1 Å². The van der Waals surface area contributed by atoms with Crippen LogP contribution >= 0.6 is 0 Å². The number of rotatable bonds is 4. The summed E-state index contributed by atoms with van der Waals surface area (Å²) in [5.74, 6) is -0.0653. The molecular weight excluding hydrogens is 348 g/mol. The highest BCUT2D eigenvalue weighted by Gasteiger charge is 2.44. The second-order valence-electron chi connectivity index (χ2n) is 7.25. The highest BCUT2D eigenvalue weighted by molar-refractivity contribution is 5.45. The number of aliphatic hydroxyl groups is 4. The Labute approximate surface area is 158 Å². The Balaban J connectivity index is 1.94. The molecule has 0 radical (unpaired) electrons. The van der Waals surface area contributed by atoms with E-state index in [0.717, 1.165) is 16.7 Å². The van der Waals surface area contributed by atoms with Crippen molar-refractivity contribution < 1.29 is 30.3 Å². The van der Waals surface area contributed by atoms with Crippen LogP contribution in [0.25, 0.3) is 0 Å². The molecule has 0 unspecified atom stereocenters. The maximum Gasteiger partial charge on any atom is 0.121 e. The van der Waals surface area contributed by atoms with Crippen LogP contribution < -0.4 is 0 Å². The smallest absolute Gasteiger partial charge is 0.121 e. The van der Waals surface area contributed by atoms with E-state index in [-0.39, 0.29) is 5.75 Å². The first-order valence-electron chi connectivity index (χ1n) is 9.00. The zero-order valence-electron chi connectivity index (χ0n) is 15.4. The zero-order valence-corrected chi connectivity index (χ0v) is 15.4. The van der Waals surface area contributed by atoms with Gasteiger partial charge in [-0.15, -0.1) is 0 Å². The first-order valence-corrected chi connectivity index (χ1v) is 9.00. The molecule has 5 N–H and O–H groups in total. The molecule has 5 atom stereocenters. The molecule has 27 heavy (non-hydrogen) atoms. The van der Waals surface area contributed by atoms with E-state index in [9.17, 15) is 25.5 Å². The zero-order chi connectivity index (χ0) is 19.7. The van der Waals surface area contributed by atoms with E-state index in [0.29, 0.717) is 12.0 Å². The molecule has 3 rings (SSSR count). The van der Waals surface area contributed by atoms with E-state index >= 15 is 0 Å². The Kier molecular flexibility index (Phi) is 5.83. The molecule has 146 valence electrons. The van der Waals surface area contributed by atoms with Gasteiger partial charge in [-0.2, -0.15) is 0 Å². The largest absolute Gasteiger partial charge is 0.508 e. The number of phenolic OH excluding ortho intramolecular Hbond substituents is 1. The molecule has 0 spiro atoms. The van der Waals surface area contributed by atoms with Crippen molar-refractivity contribution in [1.82, 2.24) is 0 Å². The Bertz CT molecular complexity index is 786. The molecule has 2 aromatic carbocycles. The summed E-state index contributed by atoms with van der Waals surface area (Å²) >= 11 is 0. The minimum Gasteiger partial charge on any atom is -0.508 e. The van der Waals surface area contributed by atoms with Crippen molar-refractivity contribution in [2.75, 3.05) is 6.61 Å². The topological polar surface area (TPSA) is 110 Å². The highest BCUT2D eigenvalue weighted by Crippen LogP contribution is 2.38. The molecule has 1 aliphatic rings. The molecule has 0 bridgehead atoms. The van der Waals surface area contributed by atoms with Crippen molar-refractivity contribution in [3.63, 3.8) is 0 Å². The van der Waals surface area contributed by atoms with Crippen LogP contribution in [0.1, 0.15) is 33.9 Å². The molecular formula is C21H26O6. The van der Waals surface area contributed by atoms with Crippen LogP contribution in [-0.4, -0.2) is 56.6 Å². The maximum absolute atomic E-state index is 10.4. The second kappa shape index (κ2) is 7.96. The van der Waals surface area contributed by atoms with E-state index in [4.69, 9.17) is 4.74 Å². The maximum atomic E-state index is 10.4. The van der Waals surface area contributed by atoms with Gasteiger partial charge < -0.3 is 30.3 Å². The first kappa shape index (κ1) is 19.8. The number of benzene rings is 2. The highest BCUT2D eigenvalue weighted by atomic mass is 16.5. The number of aromatic hydroxyl groups is 1. The molecule has 1 aliphatic heterocycles. The molecule has 6 nitrogen and oxygen atoms in total. The lowest BCUT2D eigenvalue weighted by Gasteiger charge is -2.40. The SMILES string of the molecule is Cc1ccc(Cc2cc([C@@H]3O[C@H](CO)[C@@H](O)[C@H](O)[C@H]3O)c(O)cc2C)cc1. The van der Waals surface area contributed by atoms with Crippen LogP contribution in [-0.2, 0) is 11.2 Å². The van der Waals surface area contributed by atoms with Crippen molar-refractivity contribution in [3.8, 4) is 5.75 Å². The lowest BCUT2D eigenvalue weighted by molar-refractivity contribution is -0.232. The molecule has 1 fully saturated rings. The van der Waals surface area contributed by atoms with E-state index in [2.05, 4.69) is 0 Å². The quantitative estimate of drug-likeness (QED) is 0.548. The third-order valence-electron chi connectivity index (χ3n) is 5.20. The van der Waals surface area contributed by atoms with Gasteiger partial charge in [0.25, 0.3) is 0 Å². The first-order chi connectivity index (χ1) is 12.8. The van der Waals surface area contributed by atoms with Gasteiger partial charge in [0.2, 0.25) is 0 Å². The molecule has 6 heteroatoms. The van der Waals surface area contributed by atoms with Crippen LogP contribution in [0.2, 0.25) is 0 Å². The average Bonchev–Trinajstić information content (AvgIpc) is 2.64. The van der Waals surface area contributed by atoms with Gasteiger partial charge in [-0.25, -0.2) is 0 Å². The van der Waals surface area contributed by atoms with Gasteiger partial charge >= 0.3 is 0 Å². The van der Waals surface area contributed by atoms with E-state index in [1.807, 2.05) is 38.1 Å². The minimum absolute atomic E-state index is 0.0653. The summed E-state index contributed by atoms with van der Waals surface area (Å²) in [6.07, 6.45) is -5.78. The van der Waals surface area contributed by atoms with E-state index < -0.39 is 37.1 Å². The monoisotopic (exact) mass is 374 g/mol. The Morgan fingerprint density at radius 2 is 1.59 bits per heavy atom. The van der Waals surface area contributed by atoms with Crippen LogP contribution in [0, 0.1) is 13.8 Å². The fourth-order valence-electron chi connectivity index (χ4n) is 3.46. The van der Waals surface area contributed by atoms with Gasteiger partial charge in [0.15, 0.2) is 0 Å². The molecule has 0 aliphatic carbocycles. The number of aliphatic hydroxyl groups excluding tert-OH is 4. The third kappa shape index (κ3) is 4.00. The van der Waals surface area contributed by atoms with Crippen molar-refractivity contribution in [2.45, 2.75) is 50.8 Å². The van der Waals surface area contributed by atoms with Crippen molar-refractivity contribution >= 4 is 0 Å². The summed E-state index contributed by atoms with van der Waals surface area (Å²) in [6.45, 7) is 3.40. The predicted octanol–water partition coefficient (Wildman–Crippen LogP) is 1.11. The van der Waals surface area contributed by atoms with Crippen LogP contribution in [0.5, 0.6) is 5.75 Å². The molecule has 0 saturated carbocycles. The van der Waals surface area contributed by atoms with Crippen molar-refractivity contribution in [2.24, 2.45) is 0 Å². The second-order valence-corrected chi connectivity index (χ2v) is 7.25. The number of hydrogen-bond acceptors (Lipinski definition) is 6. The van der Waals surface area contributed by atoms with Gasteiger partial charge in [-0.3, -0.25) is 0 Å². The Hall–Kier alpha value is -1.96. The third-order valence-corrected chi connectivity index (χ3v) is 5.20. The van der Waals surface area contributed by atoms with E-state index in [1.165, 1.54) is 5.56 Å². The molecule has 0 amide bonds. The fourth-order valence-corrected chi connectivity index (χ4v) is 3.46. The minimum atomic E-state index is -1.48. The summed E-state index contributed by atoms with van der Waals surface area (Å²) in [5.41, 5.74) is 4.43. The van der Waals surface area contributed by atoms with Gasteiger partial charge in [0.1, 0.15) is 36.3 Å². The number of ether oxygens (including phenoxy) is 1. The Morgan fingerprint density at radius 3 is 2.22 bits per heavy atom. The number of aryl methyl sites for hydroxylation is 2. The lowest BCUT2D eigenvalue weighted by Crippen LogP contribution is -2.55. The van der Waals surface area contributed by atoms with Crippen molar-refractivity contribution in [1.29, 1.82) is 0 Å². The molecule has 1 saturated heterocycles. The summed E-state index contributed by atoms with van der Waals surface area (Å²) in [5, 5.41) is 50.1. The fraction of sp³-hybridized carbons (Fsp3) is 0.429. The summed E-state index contributed by atoms with van der Waals surface area (Å²) in [7, 11) is 0. The molecule has 0 aromatic heterocycles. The normalized spacial score (nSPS) is 28.3. The summed E-state index contributed by atoms with van der Waals surface area (Å²) < 4.78 is 5.59. The molecule has 1 heterocycles. The lowest BCUT2D eigenvalue weighted by atomic mass is 9.88. The van der Waals surface area contributed by atoms with Gasteiger partial charge in [0.05, 0.1) is 6.61 Å². The standard InChI is InChI=1S/C21H26O6/c1-11-3-5-13(6-4-11)8-14-9-15(16(23)7-12(14)2)21-20(26)19(25)18(24)17(10-22)27-21/h3-7,9,17-26H,8,10H2,1-2H3/t17-,18-,19+,20-,21+/m1/s1. The molecule has 2 aromatic rings. The van der Waals surface area contributed by atoms with Gasteiger partial charge in [0, 0.05) is 5.56 Å². The van der Waals surface area contributed by atoms with E-state index in [1.54, 1.807) is 12.1 Å². The number of phenols is 1. The van der Waals surface area contributed by atoms with Crippen LogP contribution in [0.15, 0.2) is 36.4 Å². The summed E-state index contributed by atoms with van der Waals surface area (Å²) in [4.78, 5) is 0. The predicted molar refractivity (Wildman–Crippen MR) is 99.5 cm³/mol. The van der Waals surface area contributed by atoms with Crippen molar-refractivity contribution in [3.05, 3.63) is 64.2 Å². The van der Waals surface area contributed by atoms with Crippen LogP contribution in [0.4, 0.5) is 0 Å². The number of hydrogen-bond donors (Lipinski definition) is 5. The summed E-state index contributed by atoms with van der Waals surface area (Å²) in [6, 6.07) is 11.5. The Morgan fingerprint density at radius 1 is 0.926 bits per heavy atom. The average molecular weight is 374 g/mol. The van der Waals surface area contributed by atoms with Crippen LogP contribution in [0.3, 0.4) is 0 Å². The van der Waals surface area contributed by atoms with Gasteiger partial charge in [-0.1, -0.05) is 29.8 Å².